The molecule has 0 aromatic heterocycles. The highest BCUT2D eigenvalue weighted by molar-refractivity contribution is 6.03. The molecule has 0 saturated heterocycles. The van der Waals surface area contributed by atoms with Gasteiger partial charge < -0.3 is 10.1 Å². The van der Waals surface area contributed by atoms with Crippen LogP contribution in [0.4, 0.5) is 11.4 Å². The van der Waals surface area contributed by atoms with Crippen LogP contribution in [0.2, 0.25) is 0 Å². The maximum atomic E-state index is 12.4. The highest BCUT2D eigenvalue weighted by atomic mass is 16.6. The van der Waals surface area contributed by atoms with E-state index in [1.807, 2.05) is 36.4 Å². The van der Waals surface area contributed by atoms with Crippen LogP contribution in [-0.4, -0.2) is 16.9 Å². The predicted octanol–water partition coefficient (Wildman–Crippen LogP) is 4.15. The summed E-state index contributed by atoms with van der Waals surface area (Å²) in [5, 5.41) is 15.8. The summed E-state index contributed by atoms with van der Waals surface area (Å²) in [6.45, 7) is 1.55. The van der Waals surface area contributed by atoms with E-state index >= 15 is 0 Å². The summed E-state index contributed by atoms with van der Waals surface area (Å²) < 4.78 is 5.50. The third-order valence-electron chi connectivity index (χ3n) is 3.78. The molecule has 6 heteroatoms. The molecule has 0 radical (unpaired) electrons. The van der Waals surface area contributed by atoms with Gasteiger partial charge in [0.15, 0.2) is 11.9 Å². The van der Waals surface area contributed by atoms with E-state index in [0.717, 1.165) is 10.8 Å². The number of amides is 1. The first-order valence-electron chi connectivity index (χ1n) is 7.75. The third-order valence-corrected chi connectivity index (χ3v) is 3.78. The smallest absolute Gasteiger partial charge is 0.310 e. The Hall–Kier alpha value is -3.41. The normalized spacial score (nSPS) is 11.7. The fourth-order valence-electron chi connectivity index (χ4n) is 2.52. The molecule has 0 aliphatic rings. The van der Waals surface area contributed by atoms with Gasteiger partial charge in [-0.15, -0.1) is 0 Å². The van der Waals surface area contributed by atoms with Crippen molar-refractivity contribution < 1.29 is 14.5 Å². The number of ether oxygens (including phenoxy) is 1. The first-order valence-corrected chi connectivity index (χ1v) is 7.75. The van der Waals surface area contributed by atoms with Crippen LogP contribution in [0.1, 0.15) is 6.92 Å². The van der Waals surface area contributed by atoms with Crippen LogP contribution < -0.4 is 10.1 Å². The van der Waals surface area contributed by atoms with E-state index in [4.69, 9.17) is 4.74 Å². The van der Waals surface area contributed by atoms with Gasteiger partial charge in [-0.2, -0.15) is 0 Å². The number of hydrogen-bond acceptors (Lipinski definition) is 4. The maximum absolute atomic E-state index is 12.4. The van der Waals surface area contributed by atoms with Crippen molar-refractivity contribution in [3.05, 3.63) is 76.8 Å². The average molecular weight is 336 g/mol. The Balaban J connectivity index is 1.78. The Labute approximate surface area is 144 Å². The van der Waals surface area contributed by atoms with Crippen LogP contribution in [0.3, 0.4) is 0 Å². The minimum absolute atomic E-state index is 0.0630. The average Bonchev–Trinajstić information content (AvgIpc) is 2.62. The minimum Gasteiger partial charge on any atom is -0.474 e. The quantitative estimate of drug-likeness (QED) is 0.560. The van der Waals surface area contributed by atoms with Crippen molar-refractivity contribution in [2.24, 2.45) is 0 Å². The van der Waals surface area contributed by atoms with Gasteiger partial charge in [0, 0.05) is 17.1 Å². The van der Waals surface area contributed by atoms with Crippen molar-refractivity contribution in [1.29, 1.82) is 0 Å². The van der Waals surface area contributed by atoms with E-state index in [9.17, 15) is 14.9 Å². The molecule has 1 atom stereocenters. The highest BCUT2D eigenvalue weighted by Crippen LogP contribution is 2.27. The monoisotopic (exact) mass is 336 g/mol. The lowest BCUT2D eigenvalue weighted by Crippen LogP contribution is -2.30. The first kappa shape index (κ1) is 16.4. The Morgan fingerprint density at radius 2 is 1.72 bits per heavy atom. The number of nitro groups is 1. The van der Waals surface area contributed by atoms with Gasteiger partial charge in [0.05, 0.1) is 4.92 Å². The molecular weight excluding hydrogens is 320 g/mol. The topological polar surface area (TPSA) is 81.5 Å². The summed E-state index contributed by atoms with van der Waals surface area (Å²) in [5.74, 6) is -0.317. The lowest BCUT2D eigenvalue weighted by atomic mass is 10.1. The van der Waals surface area contributed by atoms with E-state index in [-0.39, 0.29) is 17.3 Å². The van der Waals surface area contributed by atoms with Gasteiger partial charge in [-0.3, -0.25) is 14.9 Å². The van der Waals surface area contributed by atoms with E-state index < -0.39 is 11.0 Å². The molecule has 126 valence electrons. The number of nitro benzene ring substituents is 1. The minimum atomic E-state index is -0.889. The number of carbonyl (C=O) groups is 1. The molecule has 0 saturated carbocycles. The zero-order valence-electron chi connectivity index (χ0n) is 13.5. The van der Waals surface area contributed by atoms with Crippen LogP contribution >= 0.6 is 0 Å². The van der Waals surface area contributed by atoms with Crippen LogP contribution in [0.25, 0.3) is 10.8 Å². The third kappa shape index (κ3) is 3.58. The number of anilines is 1. The lowest BCUT2D eigenvalue weighted by Gasteiger charge is -2.15. The van der Waals surface area contributed by atoms with Gasteiger partial charge in [0.25, 0.3) is 5.91 Å². The number of carbonyl (C=O) groups excluding carboxylic acids is 1. The molecular formula is C19H16N2O4. The maximum Gasteiger partial charge on any atom is 0.310 e. The molecule has 3 aromatic rings. The Morgan fingerprint density at radius 3 is 2.52 bits per heavy atom. The second kappa shape index (κ2) is 7.00. The molecule has 0 aliphatic carbocycles. The number of rotatable bonds is 5. The SMILES string of the molecule is C[C@H](Oc1ccccc1[N+](=O)[O-])C(=O)Nc1cccc2ccccc12. The van der Waals surface area contributed by atoms with Gasteiger partial charge in [-0.1, -0.05) is 48.5 Å². The number of hydrogen-bond donors (Lipinski definition) is 1. The molecule has 0 heterocycles. The van der Waals surface area contributed by atoms with E-state index in [1.165, 1.54) is 12.1 Å². The van der Waals surface area contributed by atoms with E-state index in [2.05, 4.69) is 5.32 Å². The van der Waals surface area contributed by atoms with Crippen LogP contribution in [0.5, 0.6) is 5.75 Å². The standard InChI is InChI=1S/C19H16N2O4/c1-13(25-18-12-5-4-11-17(18)21(23)24)19(22)20-16-10-6-8-14-7-2-3-9-15(14)16/h2-13H,1H3,(H,20,22)/t13-/m0/s1. The molecule has 3 aromatic carbocycles. The van der Waals surface area contributed by atoms with Crippen molar-refractivity contribution in [1.82, 2.24) is 0 Å². The van der Waals surface area contributed by atoms with Crippen molar-refractivity contribution in [3.63, 3.8) is 0 Å². The summed E-state index contributed by atoms with van der Waals surface area (Å²) in [5.41, 5.74) is 0.494. The Morgan fingerprint density at radius 1 is 1.04 bits per heavy atom. The number of para-hydroxylation sites is 2. The molecule has 1 amide bonds. The molecule has 0 spiro atoms. The van der Waals surface area contributed by atoms with Crippen molar-refractivity contribution >= 4 is 28.1 Å². The van der Waals surface area contributed by atoms with Crippen LogP contribution in [0, 0.1) is 10.1 Å². The predicted molar refractivity (Wildman–Crippen MR) is 95.8 cm³/mol. The molecule has 25 heavy (non-hydrogen) atoms. The largest absolute Gasteiger partial charge is 0.474 e. The number of nitrogens with zero attached hydrogens (tertiary/aromatic N) is 1. The molecule has 3 rings (SSSR count). The molecule has 0 bridgehead atoms. The molecule has 0 fully saturated rings. The number of benzene rings is 3. The zero-order valence-corrected chi connectivity index (χ0v) is 13.5. The van der Waals surface area contributed by atoms with E-state index in [1.54, 1.807) is 25.1 Å². The Bertz CT molecular complexity index is 934. The molecule has 0 unspecified atom stereocenters. The molecule has 0 aliphatic heterocycles. The van der Waals surface area contributed by atoms with Crippen molar-refractivity contribution in [2.75, 3.05) is 5.32 Å². The second-order valence-electron chi connectivity index (χ2n) is 5.50. The van der Waals surface area contributed by atoms with E-state index in [0.29, 0.717) is 5.69 Å². The van der Waals surface area contributed by atoms with Crippen LogP contribution in [-0.2, 0) is 4.79 Å². The van der Waals surface area contributed by atoms with Gasteiger partial charge in [0.2, 0.25) is 0 Å². The summed E-state index contributed by atoms with van der Waals surface area (Å²) in [7, 11) is 0. The fraction of sp³-hybridized carbons (Fsp3) is 0.105. The van der Waals surface area contributed by atoms with Gasteiger partial charge in [-0.25, -0.2) is 0 Å². The highest BCUT2D eigenvalue weighted by Gasteiger charge is 2.21. The van der Waals surface area contributed by atoms with Gasteiger partial charge in [-0.05, 0) is 24.4 Å². The number of fused-ring (bicyclic) bond motifs is 1. The first-order chi connectivity index (χ1) is 12.1. The summed E-state index contributed by atoms with van der Waals surface area (Å²) in [6.07, 6.45) is -0.889. The van der Waals surface area contributed by atoms with Crippen molar-refractivity contribution in [2.45, 2.75) is 13.0 Å². The van der Waals surface area contributed by atoms with Gasteiger partial charge >= 0.3 is 5.69 Å². The molecule has 6 nitrogen and oxygen atoms in total. The second-order valence-corrected chi connectivity index (χ2v) is 5.50. The lowest BCUT2D eigenvalue weighted by molar-refractivity contribution is -0.386. The number of nitrogens with one attached hydrogen (secondary N) is 1. The fourth-order valence-corrected chi connectivity index (χ4v) is 2.52. The zero-order chi connectivity index (χ0) is 17.8. The summed E-state index contributed by atoms with van der Waals surface area (Å²) >= 11 is 0. The summed E-state index contributed by atoms with van der Waals surface area (Å²) in [6, 6.07) is 19.3. The van der Waals surface area contributed by atoms with Gasteiger partial charge in [0.1, 0.15) is 0 Å². The van der Waals surface area contributed by atoms with Crippen molar-refractivity contribution in [3.8, 4) is 5.75 Å². The molecule has 1 N–H and O–H groups in total. The van der Waals surface area contributed by atoms with Crippen LogP contribution in [0.15, 0.2) is 66.7 Å². The summed E-state index contributed by atoms with van der Waals surface area (Å²) in [4.78, 5) is 22.9. The Kier molecular flexibility index (Phi) is 4.61.